The zero-order valence-electron chi connectivity index (χ0n) is 16.3. The smallest absolute Gasteiger partial charge is 0.271 e. The number of hydrazone groups is 1. The Balaban J connectivity index is 1.58. The van der Waals surface area contributed by atoms with Crippen molar-refractivity contribution in [2.24, 2.45) is 5.10 Å². The van der Waals surface area contributed by atoms with E-state index in [1.54, 1.807) is 60.7 Å². The van der Waals surface area contributed by atoms with Crippen LogP contribution in [0.3, 0.4) is 0 Å². The number of aromatic hydroxyl groups is 1. The normalized spacial score (nSPS) is 10.6. The van der Waals surface area contributed by atoms with Gasteiger partial charge in [-0.05, 0) is 67.1 Å². The molecule has 152 valence electrons. The summed E-state index contributed by atoms with van der Waals surface area (Å²) in [4.78, 5) is 24.4. The fraction of sp³-hybridized carbons (Fsp3) is 0.0870. The zero-order valence-corrected chi connectivity index (χ0v) is 16.3. The third-order valence-corrected chi connectivity index (χ3v) is 4.10. The molecule has 0 aliphatic carbocycles. The minimum absolute atomic E-state index is 0.0393. The molecule has 0 aliphatic rings. The SMILES string of the molecule is CCOc1cc(/C=N/NC(=O)c2ccc(NC(=O)c3ccccc3)cc2)ccc1O. The molecule has 0 aromatic heterocycles. The Kier molecular flexibility index (Phi) is 6.78. The van der Waals surface area contributed by atoms with Gasteiger partial charge in [0.15, 0.2) is 11.5 Å². The largest absolute Gasteiger partial charge is 0.504 e. The third-order valence-electron chi connectivity index (χ3n) is 4.10. The Bertz CT molecular complexity index is 1050. The van der Waals surface area contributed by atoms with E-state index in [4.69, 9.17) is 4.74 Å². The van der Waals surface area contributed by atoms with Crippen molar-refractivity contribution in [3.8, 4) is 11.5 Å². The van der Waals surface area contributed by atoms with E-state index in [1.165, 1.54) is 12.3 Å². The van der Waals surface area contributed by atoms with Gasteiger partial charge in [0, 0.05) is 16.8 Å². The summed E-state index contributed by atoms with van der Waals surface area (Å²) in [6.45, 7) is 2.24. The summed E-state index contributed by atoms with van der Waals surface area (Å²) in [6, 6.07) is 20.1. The van der Waals surface area contributed by atoms with Gasteiger partial charge in [-0.15, -0.1) is 0 Å². The van der Waals surface area contributed by atoms with Gasteiger partial charge in [0.25, 0.3) is 11.8 Å². The number of benzene rings is 3. The lowest BCUT2D eigenvalue weighted by Gasteiger charge is -2.07. The van der Waals surface area contributed by atoms with Crippen molar-refractivity contribution in [2.75, 3.05) is 11.9 Å². The van der Waals surface area contributed by atoms with Gasteiger partial charge < -0.3 is 15.2 Å². The van der Waals surface area contributed by atoms with Crippen LogP contribution in [-0.4, -0.2) is 29.7 Å². The predicted octanol–water partition coefficient (Wildman–Crippen LogP) is 3.81. The van der Waals surface area contributed by atoms with Gasteiger partial charge in [0.2, 0.25) is 0 Å². The first kappa shape index (κ1) is 20.6. The second-order valence-corrected chi connectivity index (χ2v) is 6.26. The van der Waals surface area contributed by atoms with E-state index in [2.05, 4.69) is 15.8 Å². The molecule has 3 aromatic carbocycles. The standard InChI is InChI=1S/C23H21N3O4/c1-2-30-21-14-16(8-13-20(21)27)15-24-26-23(29)18-9-11-19(12-10-18)25-22(28)17-6-4-3-5-7-17/h3-15,27H,2H2,1H3,(H,25,28)(H,26,29)/b24-15+. The summed E-state index contributed by atoms with van der Waals surface area (Å²) in [6.07, 6.45) is 1.45. The van der Waals surface area contributed by atoms with Gasteiger partial charge in [-0.1, -0.05) is 18.2 Å². The number of hydrogen-bond donors (Lipinski definition) is 3. The monoisotopic (exact) mass is 403 g/mol. The van der Waals surface area contributed by atoms with Crippen molar-refractivity contribution in [2.45, 2.75) is 6.92 Å². The van der Waals surface area contributed by atoms with Crippen LogP contribution in [0.5, 0.6) is 11.5 Å². The molecule has 0 saturated carbocycles. The predicted molar refractivity (Wildman–Crippen MR) is 115 cm³/mol. The second-order valence-electron chi connectivity index (χ2n) is 6.26. The van der Waals surface area contributed by atoms with E-state index in [1.807, 2.05) is 13.0 Å². The highest BCUT2D eigenvalue weighted by molar-refractivity contribution is 6.04. The average molecular weight is 403 g/mol. The molecule has 2 amide bonds. The summed E-state index contributed by atoms with van der Waals surface area (Å²) in [5.41, 5.74) is 4.63. The third kappa shape index (κ3) is 5.45. The number of phenols is 1. The van der Waals surface area contributed by atoms with Gasteiger partial charge in [-0.3, -0.25) is 9.59 Å². The molecule has 0 atom stereocenters. The minimum Gasteiger partial charge on any atom is -0.504 e. The Morgan fingerprint density at radius 3 is 2.37 bits per heavy atom. The van der Waals surface area contributed by atoms with E-state index in [9.17, 15) is 14.7 Å². The lowest BCUT2D eigenvalue weighted by atomic mass is 10.1. The highest BCUT2D eigenvalue weighted by Crippen LogP contribution is 2.26. The molecule has 0 aliphatic heterocycles. The van der Waals surface area contributed by atoms with E-state index in [0.717, 1.165) is 0 Å². The van der Waals surface area contributed by atoms with Crippen molar-refractivity contribution in [1.82, 2.24) is 5.43 Å². The van der Waals surface area contributed by atoms with Crippen LogP contribution in [0, 0.1) is 0 Å². The van der Waals surface area contributed by atoms with Crippen LogP contribution in [-0.2, 0) is 0 Å². The number of hydrogen-bond acceptors (Lipinski definition) is 5. The van der Waals surface area contributed by atoms with Crippen LogP contribution in [0.15, 0.2) is 77.9 Å². The molecular weight excluding hydrogens is 382 g/mol. The van der Waals surface area contributed by atoms with Crippen molar-refractivity contribution in [3.63, 3.8) is 0 Å². The van der Waals surface area contributed by atoms with Gasteiger partial charge >= 0.3 is 0 Å². The maximum atomic E-state index is 12.2. The Morgan fingerprint density at radius 2 is 1.67 bits per heavy atom. The van der Waals surface area contributed by atoms with Crippen LogP contribution in [0.1, 0.15) is 33.2 Å². The second kappa shape index (κ2) is 9.88. The number of rotatable bonds is 7. The van der Waals surface area contributed by atoms with Gasteiger partial charge in [0.05, 0.1) is 12.8 Å². The number of amides is 2. The molecule has 30 heavy (non-hydrogen) atoms. The van der Waals surface area contributed by atoms with Gasteiger partial charge in [-0.2, -0.15) is 5.10 Å². The first-order chi connectivity index (χ1) is 14.6. The topological polar surface area (TPSA) is 100 Å². The molecule has 0 spiro atoms. The van der Waals surface area contributed by atoms with Crippen LogP contribution in [0.25, 0.3) is 0 Å². The lowest BCUT2D eigenvalue weighted by molar-refractivity contribution is 0.0954. The molecule has 3 rings (SSSR count). The molecule has 0 saturated heterocycles. The summed E-state index contributed by atoms with van der Waals surface area (Å²) in [5.74, 6) is -0.230. The van der Waals surface area contributed by atoms with E-state index in [-0.39, 0.29) is 11.7 Å². The van der Waals surface area contributed by atoms with Gasteiger partial charge in [0.1, 0.15) is 0 Å². The molecule has 7 nitrogen and oxygen atoms in total. The molecule has 0 bridgehead atoms. The number of ether oxygens (including phenoxy) is 1. The number of phenolic OH excluding ortho intramolecular Hbond substituents is 1. The first-order valence-electron chi connectivity index (χ1n) is 9.32. The molecule has 0 fully saturated rings. The molecule has 0 unspecified atom stereocenters. The molecule has 0 radical (unpaired) electrons. The maximum Gasteiger partial charge on any atom is 0.271 e. The highest BCUT2D eigenvalue weighted by atomic mass is 16.5. The van der Waals surface area contributed by atoms with Crippen molar-refractivity contribution in [3.05, 3.63) is 89.5 Å². The summed E-state index contributed by atoms with van der Waals surface area (Å²) in [7, 11) is 0. The minimum atomic E-state index is -0.393. The lowest BCUT2D eigenvalue weighted by Crippen LogP contribution is -2.17. The van der Waals surface area contributed by atoms with E-state index < -0.39 is 5.91 Å². The Hall–Kier alpha value is -4.13. The number of carbonyl (C=O) groups excluding carboxylic acids is 2. The van der Waals surface area contributed by atoms with Crippen molar-refractivity contribution >= 4 is 23.7 Å². The molecule has 3 N–H and O–H groups in total. The highest BCUT2D eigenvalue weighted by Gasteiger charge is 2.08. The van der Waals surface area contributed by atoms with Crippen LogP contribution < -0.4 is 15.5 Å². The van der Waals surface area contributed by atoms with Gasteiger partial charge in [-0.25, -0.2) is 5.43 Å². The first-order valence-corrected chi connectivity index (χ1v) is 9.32. The maximum absolute atomic E-state index is 12.2. The Labute approximate surface area is 174 Å². The number of anilines is 1. The zero-order chi connectivity index (χ0) is 21.3. The summed E-state index contributed by atoms with van der Waals surface area (Å²) in [5, 5.41) is 16.4. The van der Waals surface area contributed by atoms with Crippen molar-refractivity contribution in [1.29, 1.82) is 0 Å². The molecule has 0 heterocycles. The van der Waals surface area contributed by atoms with Crippen LogP contribution >= 0.6 is 0 Å². The summed E-state index contributed by atoms with van der Waals surface area (Å²) < 4.78 is 5.31. The van der Waals surface area contributed by atoms with Crippen molar-refractivity contribution < 1.29 is 19.4 Å². The number of nitrogens with one attached hydrogen (secondary N) is 2. The van der Waals surface area contributed by atoms with Crippen LogP contribution in [0.2, 0.25) is 0 Å². The number of nitrogens with zero attached hydrogens (tertiary/aromatic N) is 1. The molecular formula is C23H21N3O4. The quantitative estimate of drug-likeness (QED) is 0.413. The fourth-order valence-electron chi connectivity index (χ4n) is 2.61. The summed E-state index contributed by atoms with van der Waals surface area (Å²) >= 11 is 0. The van der Waals surface area contributed by atoms with E-state index in [0.29, 0.717) is 34.7 Å². The average Bonchev–Trinajstić information content (AvgIpc) is 2.77. The van der Waals surface area contributed by atoms with Crippen LogP contribution in [0.4, 0.5) is 5.69 Å². The number of carbonyl (C=O) groups is 2. The Morgan fingerprint density at radius 1 is 0.967 bits per heavy atom. The molecule has 7 heteroatoms. The van der Waals surface area contributed by atoms with E-state index >= 15 is 0 Å². The fourth-order valence-corrected chi connectivity index (χ4v) is 2.61. The molecule has 3 aromatic rings.